The normalized spacial score (nSPS) is 13.1. The average molecular weight is 291 g/mol. The summed E-state index contributed by atoms with van der Waals surface area (Å²) in [5.41, 5.74) is 2.74. The van der Waals surface area contributed by atoms with E-state index in [1.54, 1.807) is 0 Å². The Morgan fingerprint density at radius 3 is 2.24 bits per heavy atom. The molecular formula is C18H33N3. The zero-order chi connectivity index (χ0) is 15.7. The lowest BCUT2D eigenvalue weighted by Gasteiger charge is -2.23. The minimum Gasteiger partial charge on any atom is -0.310 e. The van der Waals surface area contributed by atoms with Crippen LogP contribution in [0.15, 0.2) is 24.3 Å². The number of rotatable bonds is 10. The molecule has 1 unspecified atom stereocenters. The Hall–Kier alpha value is -0.900. The summed E-state index contributed by atoms with van der Waals surface area (Å²) in [7, 11) is 6.50. The van der Waals surface area contributed by atoms with E-state index in [0.29, 0.717) is 6.04 Å². The molecule has 1 N–H and O–H groups in total. The maximum atomic E-state index is 3.61. The zero-order valence-corrected chi connectivity index (χ0v) is 14.5. The summed E-state index contributed by atoms with van der Waals surface area (Å²) in [4.78, 5) is 4.70. The fourth-order valence-electron chi connectivity index (χ4n) is 2.55. The van der Waals surface area contributed by atoms with Crippen LogP contribution in [0.25, 0.3) is 0 Å². The molecule has 21 heavy (non-hydrogen) atoms. The second-order valence-electron chi connectivity index (χ2n) is 6.27. The fraction of sp³-hybridized carbons (Fsp3) is 0.667. The van der Waals surface area contributed by atoms with Gasteiger partial charge in [0.25, 0.3) is 0 Å². The van der Waals surface area contributed by atoms with Gasteiger partial charge in [0, 0.05) is 6.04 Å². The molecule has 0 amide bonds. The Morgan fingerprint density at radius 1 is 1.00 bits per heavy atom. The Balaban J connectivity index is 2.42. The topological polar surface area (TPSA) is 18.5 Å². The lowest BCUT2D eigenvalue weighted by atomic mass is 10.0. The van der Waals surface area contributed by atoms with Crippen LogP contribution in [0.1, 0.15) is 36.9 Å². The lowest BCUT2D eigenvalue weighted by Crippen LogP contribution is -2.29. The number of hydrogen-bond donors (Lipinski definition) is 1. The largest absolute Gasteiger partial charge is 0.310 e. The van der Waals surface area contributed by atoms with Gasteiger partial charge < -0.3 is 15.1 Å². The first-order valence-electron chi connectivity index (χ1n) is 8.16. The number of nitrogens with zero attached hydrogens (tertiary/aromatic N) is 2. The van der Waals surface area contributed by atoms with Crippen LogP contribution >= 0.6 is 0 Å². The summed E-state index contributed by atoms with van der Waals surface area (Å²) in [5, 5.41) is 3.61. The lowest BCUT2D eigenvalue weighted by molar-refractivity contribution is 0.284. The Kier molecular flexibility index (Phi) is 8.58. The minimum absolute atomic E-state index is 0.465. The van der Waals surface area contributed by atoms with E-state index in [-0.39, 0.29) is 0 Å². The number of benzene rings is 1. The molecule has 0 heterocycles. The van der Waals surface area contributed by atoms with Gasteiger partial charge in [0.15, 0.2) is 0 Å². The van der Waals surface area contributed by atoms with Crippen LogP contribution in [0, 0.1) is 6.92 Å². The third kappa shape index (κ3) is 7.60. The third-order valence-corrected chi connectivity index (χ3v) is 3.87. The molecule has 1 atom stereocenters. The first-order chi connectivity index (χ1) is 10.0. The molecule has 1 aromatic rings. The summed E-state index contributed by atoms with van der Waals surface area (Å²) < 4.78 is 0. The van der Waals surface area contributed by atoms with Crippen LogP contribution in [0.2, 0.25) is 0 Å². The van der Waals surface area contributed by atoms with Crippen LogP contribution in [-0.4, -0.2) is 57.1 Å². The Morgan fingerprint density at radius 2 is 1.67 bits per heavy atom. The second-order valence-corrected chi connectivity index (χ2v) is 6.27. The average Bonchev–Trinajstić information content (AvgIpc) is 2.44. The molecule has 0 fully saturated rings. The zero-order valence-electron chi connectivity index (χ0n) is 14.5. The molecule has 0 saturated heterocycles. The van der Waals surface area contributed by atoms with E-state index in [2.05, 4.69) is 74.4 Å². The predicted molar refractivity (Wildman–Crippen MR) is 92.9 cm³/mol. The van der Waals surface area contributed by atoms with Crippen molar-refractivity contribution in [2.45, 2.75) is 32.7 Å². The SMILES string of the molecule is CCNC(CCN(C)CCCN(C)C)c1ccc(C)cc1. The molecular weight excluding hydrogens is 258 g/mol. The van der Waals surface area contributed by atoms with Crippen molar-refractivity contribution in [2.75, 3.05) is 47.3 Å². The third-order valence-electron chi connectivity index (χ3n) is 3.87. The standard InChI is InChI=1S/C18H33N3/c1-6-19-18(17-10-8-16(2)9-11-17)12-15-21(5)14-7-13-20(3)4/h8-11,18-19H,6-7,12-15H2,1-5H3. The minimum atomic E-state index is 0.465. The predicted octanol–water partition coefficient (Wildman–Crippen LogP) is 2.92. The molecule has 1 rings (SSSR count). The van der Waals surface area contributed by atoms with E-state index in [0.717, 1.165) is 19.5 Å². The van der Waals surface area contributed by atoms with Crippen molar-refractivity contribution in [1.29, 1.82) is 0 Å². The summed E-state index contributed by atoms with van der Waals surface area (Å²) in [6.07, 6.45) is 2.40. The van der Waals surface area contributed by atoms with Crippen molar-refractivity contribution < 1.29 is 0 Å². The van der Waals surface area contributed by atoms with Crippen molar-refractivity contribution in [1.82, 2.24) is 15.1 Å². The molecule has 0 saturated carbocycles. The Labute approximate surface area is 131 Å². The highest BCUT2D eigenvalue weighted by Gasteiger charge is 2.11. The highest BCUT2D eigenvalue weighted by Crippen LogP contribution is 2.17. The molecule has 1 aromatic carbocycles. The summed E-state index contributed by atoms with van der Waals surface area (Å²) >= 11 is 0. The van der Waals surface area contributed by atoms with Gasteiger partial charge in [-0.3, -0.25) is 0 Å². The smallest absolute Gasteiger partial charge is 0.0332 e. The van der Waals surface area contributed by atoms with Gasteiger partial charge in [0.2, 0.25) is 0 Å². The summed E-state index contributed by atoms with van der Waals surface area (Å²) in [5.74, 6) is 0. The van der Waals surface area contributed by atoms with E-state index >= 15 is 0 Å². The van der Waals surface area contributed by atoms with Crippen molar-refractivity contribution >= 4 is 0 Å². The van der Waals surface area contributed by atoms with E-state index < -0.39 is 0 Å². The second kappa shape index (κ2) is 9.93. The maximum Gasteiger partial charge on any atom is 0.0332 e. The first kappa shape index (κ1) is 18.1. The first-order valence-corrected chi connectivity index (χ1v) is 8.16. The van der Waals surface area contributed by atoms with Crippen LogP contribution in [-0.2, 0) is 0 Å². The van der Waals surface area contributed by atoms with Crippen LogP contribution in [0.4, 0.5) is 0 Å². The van der Waals surface area contributed by atoms with Crippen LogP contribution < -0.4 is 5.32 Å². The van der Waals surface area contributed by atoms with Crippen molar-refractivity contribution in [3.8, 4) is 0 Å². The van der Waals surface area contributed by atoms with Crippen molar-refractivity contribution in [2.24, 2.45) is 0 Å². The van der Waals surface area contributed by atoms with Gasteiger partial charge >= 0.3 is 0 Å². The molecule has 3 heteroatoms. The number of aryl methyl sites for hydroxylation is 1. The molecule has 0 radical (unpaired) electrons. The molecule has 3 nitrogen and oxygen atoms in total. The molecule has 0 bridgehead atoms. The molecule has 120 valence electrons. The molecule has 0 aliphatic rings. The summed E-state index contributed by atoms with van der Waals surface area (Å²) in [6.45, 7) is 8.82. The monoisotopic (exact) mass is 291 g/mol. The van der Waals surface area contributed by atoms with Gasteiger partial charge in [-0.15, -0.1) is 0 Å². The van der Waals surface area contributed by atoms with E-state index in [1.807, 2.05) is 0 Å². The van der Waals surface area contributed by atoms with Gasteiger partial charge in [-0.25, -0.2) is 0 Å². The van der Waals surface area contributed by atoms with Crippen molar-refractivity contribution in [3.05, 3.63) is 35.4 Å². The Bertz CT molecular complexity index is 373. The van der Waals surface area contributed by atoms with E-state index in [4.69, 9.17) is 0 Å². The van der Waals surface area contributed by atoms with Gasteiger partial charge in [-0.2, -0.15) is 0 Å². The molecule has 0 aromatic heterocycles. The number of hydrogen-bond acceptors (Lipinski definition) is 3. The fourth-order valence-corrected chi connectivity index (χ4v) is 2.55. The van der Waals surface area contributed by atoms with E-state index in [9.17, 15) is 0 Å². The molecule has 0 aliphatic carbocycles. The van der Waals surface area contributed by atoms with E-state index in [1.165, 1.54) is 30.6 Å². The maximum absolute atomic E-state index is 3.61. The van der Waals surface area contributed by atoms with Gasteiger partial charge in [0.1, 0.15) is 0 Å². The molecule has 0 spiro atoms. The quantitative estimate of drug-likeness (QED) is 0.715. The summed E-state index contributed by atoms with van der Waals surface area (Å²) in [6, 6.07) is 9.40. The molecule has 0 aliphatic heterocycles. The van der Waals surface area contributed by atoms with Gasteiger partial charge in [0.05, 0.1) is 0 Å². The van der Waals surface area contributed by atoms with Crippen LogP contribution in [0.5, 0.6) is 0 Å². The van der Waals surface area contributed by atoms with Gasteiger partial charge in [-0.1, -0.05) is 36.8 Å². The number of nitrogens with one attached hydrogen (secondary N) is 1. The highest BCUT2D eigenvalue weighted by molar-refractivity contribution is 5.24. The van der Waals surface area contributed by atoms with Crippen LogP contribution in [0.3, 0.4) is 0 Å². The highest BCUT2D eigenvalue weighted by atomic mass is 15.1. The van der Waals surface area contributed by atoms with Gasteiger partial charge in [-0.05, 0) is 72.7 Å². The van der Waals surface area contributed by atoms with Crippen molar-refractivity contribution in [3.63, 3.8) is 0 Å².